The monoisotopic (exact) mass is 447 g/mol. The second kappa shape index (κ2) is 9.58. The standard InChI is InChI=1S/C22H29N3O6.CH4/c1-11-6-13-14(7-12(11)2)25(21-19(23-13)15(26)8-18(29)24-21)9-16(27)20(30)17(28)10-31-22(3,4)5;/h6-7,16-17,20,27-28,30H,8-10H2,1-5H3;1H4. The molecule has 0 bridgehead atoms. The first-order valence-corrected chi connectivity index (χ1v) is 10.2. The summed E-state index contributed by atoms with van der Waals surface area (Å²) >= 11 is 0. The molecule has 0 radical (unpaired) electrons. The first kappa shape index (κ1) is 25.8. The number of aliphatic hydroxyl groups is 3. The fraction of sp³-hybridized carbons (Fsp3) is 0.565. The Labute approximate surface area is 188 Å². The van der Waals surface area contributed by atoms with Gasteiger partial charge in [0.1, 0.15) is 18.3 Å². The second-order valence-corrected chi connectivity index (χ2v) is 8.97. The summed E-state index contributed by atoms with van der Waals surface area (Å²) in [4.78, 5) is 34.3. The van der Waals surface area contributed by atoms with Gasteiger partial charge in [-0.2, -0.15) is 4.99 Å². The lowest BCUT2D eigenvalue weighted by Gasteiger charge is -2.35. The normalized spacial score (nSPS) is 18.7. The highest BCUT2D eigenvalue weighted by Crippen LogP contribution is 2.37. The van der Waals surface area contributed by atoms with E-state index in [1.54, 1.807) is 0 Å². The molecule has 2 aliphatic rings. The average Bonchev–Trinajstić information content (AvgIpc) is 2.67. The van der Waals surface area contributed by atoms with Crippen molar-refractivity contribution in [3.8, 4) is 0 Å². The number of ketones is 1. The summed E-state index contributed by atoms with van der Waals surface area (Å²) in [5, 5.41) is 31.4. The van der Waals surface area contributed by atoms with E-state index in [1.165, 1.54) is 4.90 Å². The first-order chi connectivity index (χ1) is 14.4. The Morgan fingerprint density at radius 1 is 1.06 bits per heavy atom. The van der Waals surface area contributed by atoms with E-state index in [4.69, 9.17) is 4.74 Å². The molecular formula is C23H33N3O6. The number of amidine groups is 1. The van der Waals surface area contributed by atoms with Crippen LogP contribution in [0, 0.1) is 13.8 Å². The zero-order valence-corrected chi connectivity index (χ0v) is 18.4. The second-order valence-electron chi connectivity index (χ2n) is 8.97. The molecule has 0 saturated carbocycles. The Morgan fingerprint density at radius 3 is 2.31 bits per heavy atom. The quantitative estimate of drug-likeness (QED) is 0.565. The van der Waals surface area contributed by atoms with Crippen LogP contribution in [0.3, 0.4) is 0 Å². The van der Waals surface area contributed by atoms with Gasteiger partial charge in [-0.15, -0.1) is 0 Å². The molecule has 3 rings (SSSR count). The molecule has 1 aromatic carbocycles. The number of nitrogens with zero attached hydrogens (tertiary/aromatic N) is 3. The topological polar surface area (TPSA) is 132 Å². The number of ether oxygens (including phenoxy) is 1. The largest absolute Gasteiger partial charge is 0.388 e. The molecule has 0 spiro atoms. The van der Waals surface area contributed by atoms with E-state index in [1.807, 2.05) is 46.8 Å². The Balaban J connectivity index is 0.00000363. The van der Waals surface area contributed by atoms with Crippen LogP contribution in [0.1, 0.15) is 45.7 Å². The van der Waals surface area contributed by atoms with Crippen molar-refractivity contribution in [2.45, 2.75) is 72.4 Å². The van der Waals surface area contributed by atoms with Gasteiger partial charge >= 0.3 is 0 Å². The number of anilines is 1. The van der Waals surface area contributed by atoms with Crippen LogP contribution in [0.5, 0.6) is 0 Å². The number of amides is 1. The summed E-state index contributed by atoms with van der Waals surface area (Å²) in [7, 11) is 0. The molecule has 9 nitrogen and oxygen atoms in total. The van der Waals surface area contributed by atoms with Gasteiger partial charge in [-0.05, 0) is 57.9 Å². The molecule has 0 aliphatic carbocycles. The summed E-state index contributed by atoms with van der Waals surface area (Å²) in [6.45, 7) is 8.89. The number of hydrogen-bond donors (Lipinski definition) is 3. The minimum atomic E-state index is -1.52. The molecule has 1 aromatic rings. The molecule has 3 N–H and O–H groups in total. The van der Waals surface area contributed by atoms with Gasteiger partial charge in [-0.1, -0.05) is 7.43 Å². The van der Waals surface area contributed by atoms with Gasteiger partial charge in [0.2, 0.25) is 0 Å². The lowest BCUT2D eigenvalue weighted by molar-refractivity contribution is -0.123. The van der Waals surface area contributed by atoms with Crippen LogP contribution >= 0.6 is 0 Å². The molecular weight excluding hydrogens is 414 g/mol. The van der Waals surface area contributed by atoms with Crippen LogP contribution in [0.2, 0.25) is 0 Å². The van der Waals surface area contributed by atoms with E-state index in [0.717, 1.165) is 11.1 Å². The molecule has 176 valence electrons. The number of carbonyl (C=O) groups is 2. The highest BCUT2D eigenvalue weighted by Gasteiger charge is 2.38. The minimum Gasteiger partial charge on any atom is -0.388 e. The summed E-state index contributed by atoms with van der Waals surface area (Å²) < 4.78 is 5.48. The molecule has 0 saturated heterocycles. The van der Waals surface area contributed by atoms with E-state index in [0.29, 0.717) is 11.4 Å². The number of Topliss-reactive ketones (excluding diaryl/α,β-unsaturated/α-hetero) is 1. The van der Waals surface area contributed by atoms with Crippen LogP contribution < -0.4 is 4.90 Å². The van der Waals surface area contributed by atoms with E-state index in [9.17, 15) is 24.9 Å². The predicted molar refractivity (Wildman–Crippen MR) is 123 cm³/mol. The highest BCUT2D eigenvalue weighted by molar-refractivity contribution is 6.73. The molecule has 2 aliphatic heterocycles. The molecule has 1 amide bonds. The Bertz CT molecular complexity index is 963. The van der Waals surface area contributed by atoms with Crippen molar-refractivity contribution in [1.29, 1.82) is 0 Å². The van der Waals surface area contributed by atoms with Crippen molar-refractivity contribution in [3.63, 3.8) is 0 Å². The van der Waals surface area contributed by atoms with Gasteiger partial charge in [0.05, 0.1) is 36.5 Å². The molecule has 3 unspecified atom stereocenters. The summed E-state index contributed by atoms with van der Waals surface area (Å²) in [5.41, 5.74) is 2.52. The third kappa shape index (κ3) is 5.47. The van der Waals surface area contributed by atoms with E-state index >= 15 is 0 Å². The number of hydrogen-bond acceptors (Lipinski definition) is 8. The number of aliphatic hydroxyl groups excluding tert-OH is 3. The third-order valence-corrected chi connectivity index (χ3v) is 5.23. The van der Waals surface area contributed by atoms with Crippen LogP contribution in [0.4, 0.5) is 11.4 Å². The molecule has 2 heterocycles. The maximum atomic E-state index is 12.4. The Morgan fingerprint density at radius 2 is 1.69 bits per heavy atom. The molecule has 9 heteroatoms. The van der Waals surface area contributed by atoms with Gasteiger partial charge in [-0.25, -0.2) is 4.99 Å². The predicted octanol–water partition coefficient (Wildman–Crippen LogP) is 1.63. The molecule has 0 fully saturated rings. The molecule has 3 atom stereocenters. The van der Waals surface area contributed by atoms with Crippen molar-refractivity contribution in [2.75, 3.05) is 18.1 Å². The zero-order chi connectivity index (χ0) is 23.1. The van der Waals surface area contributed by atoms with Crippen molar-refractivity contribution in [2.24, 2.45) is 9.98 Å². The number of benzene rings is 1. The fourth-order valence-corrected chi connectivity index (χ4v) is 3.35. The lowest BCUT2D eigenvalue weighted by Crippen LogP contribution is -2.52. The van der Waals surface area contributed by atoms with Crippen LogP contribution in [-0.2, 0) is 14.3 Å². The Hall–Kier alpha value is -2.46. The molecule has 32 heavy (non-hydrogen) atoms. The third-order valence-electron chi connectivity index (χ3n) is 5.23. The summed E-state index contributed by atoms with van der Waals surface area (Å²) in [5.74, 6) is -0.994. The zero-order valence-electron chi connectivity index (χ0n) is 18.4. The van der Waals surface area contributed by atoms with Crippen molar-refractivity contribution in [1.82, 2.24) is 0 Å². The van der Waals surface area contributed by atoms with Gasteiger partial charge in [0, 0.05) is 0 Å². The average molecular weight is 448 g/mol. The molecule has 0 aromatic heterocycles. The van der Waals surface area contributed by atoms with E-state index in [2.05, 4.69) is 9.98 Å². The first-order valence-electron chi connectivity index (χ1n) is 10.2. The van der Waals surface area contributed by atoms with Gasteiger partial charge in [0.15, 0.2) is 17.3 Å². The number of fused-ring (bicyclic) bond motifs is 2. The number of aliphatic imine (C=N–C) groups is 2. The van der Waals surface area contributed by atoms with E-state index in [-0.39, 0.29) is 38.5 Å². The lowest BCUT2D eigenvalue weighted by atomic mass is 9.99. The van der Waals surface area contributed by atoms with Crippen molar-refractivity contribution < 1.29 is 29.6 Å². The number of carbonyl (C=O) groups excluding carboxylic acids is 2. The smallest absolute Gasteiger partial charge is 0.255 e. The summed E-state index contributed by atoms with van der Waals surface area (Å²) in [6, 6.07) is 3.65. The van der Waals surface area contributed by atoms with E-state index < -0.39 is 35.6 Å². The van der Waals surface area contributed by atoms with Gasteiger partial charge < -0.3 is 25.0 Å². The van der Waals surface area contributed by atoms with Gasteiger partial charge in [0.25, 0.3) is 5.91 Å². The minimum absolute atomic E-state index is 0. The van der Waals surface area contributed by atoms with Crippen molar-refractivity contribution >= 4 is 34.6 Å². The Kier molecular flexibility index (Phi) is 7.72. The van der Waals surface area contributed by atoms with Crippen LogP contribution in [0.15, 0.2) is 22.1 Å². The van der Waals surface area contributed by atoms with Crippen molar-refractivity contribution in [3.05, 3.63) is 23.3 Å². The SMILES string of the molecule is C.Cc1cc2c(cc1C)N(CC(O)C(O)C(O)COC(C)(C)C)C1=NC(=O)CC(=O)C1=N2. The number of aryl methyl sites for hydroxylation is 2. The van der Waals surface area contributed by atoms with Crippen LogP contribution in [-0.4, -0.2) is 75.6 Å². The number of β-amino-alcohol motifs (C(OH)–C–C–N with tert-alkyl or cyclic N) is 1. The van der Waals surface area contributed by atoms with Gasteiger partial charge in [-0.3, -0.25) is 9.59 Å². The fourth-order valence-electron chi connectivity index (χ4n) is 3.35. The number of rotatable bonds is 6. The summed E-state index contributed by atoms with van der Waals surface area (Å²) in [6.07, 6.45) is -4.62. The highest BCUT2D eigenvalue weighted by atomic mass is 16.5. The maximum absolute atomic E-state index is 12.4. The maximum Gasteiger partial charge on any atom is 0.255 e. The van der Waals surface area contributed by atoms with Crippen LogP contribution in [0.25, 0.3) is 0 Å².